The Bertz CT molecular complexity index is 661. The smallest absolute Gasteiger partial charge is 0.311 e. The molecule has 0 amide bonds. The molecule has 2 aromatic rings. The number of hydrogen-bond donors (Lipinski definition) is 1. The van der Waals surface area contributed by atoms with Gasteiger partial charge in [0.2, 0.25) is 5.75 Å². The Morgan fingerprint density at radius 3 is 2.71 bits per heavy atom. The molecule has 110 valence electrons. The van der Waals surface area contributed by atoms with Crippen molar-refractivity contribution < 1.29 is 14.1 Å². The van der Waals surface area contributed by atoms with E-state index in [9.17, 15) is 14.5 Å². The molecule has 0 heterocycles. The van der Waals surface area contributed by atoms with E-state index in [1.165, 1.54) is 0 Å². The highest BCUT2D eigenvalue weighted by Gasteiger charge is 2.17. The van der Waals surface area contributed by atoms with Crippen LogP contribution in [0.3, 0.4) is 0 Å². The third-order valence-corrected chi connectivity index (χ3v) is 3.14. The molecule has 0 spiro atoms. The van der Waals surface area contributed by atoms with Gasteiger partial charge in [-0.3, -0.25) is 10.1 Å². The Morgan fingerprint density at radius 2 is 2.05 bits per heavy atom. The van der Waals surface area contributed by atoms with Crippen LogP contribution in [-0.2, 0) is 0 Å². The number of hydrogen-bond acceptors (Lipinski definition) is 4. The normalized spacial score (nSPS) is 12.0. The van der Waals surface area contributed by atoms with E-state index < -0.39 is 10.7 Å². The lowest BCUT2D eigenvalue weighted by Gasteiger charge is -2.12. The van der Waals surface area contributed by atoms with Crippen LogP contribution < -0.4 is 10.1 Å². The van der Waals surface area contributed by atoms with E-state index in [2.05, 4.69) is 5.32 Å². The summed E-state index contributed by atoms with van der Waals surface area (Å²) < 4.78 is 18.7. The molecule has 21 heavy (non-hydrogen) atoms. The quantitative estimate of drug-likeness (QED) is 0.672. The van der Waals surface area contributed by atoms with Crippen LogP contribution in [0.5, 0.6) is 11.5 Å². The van der Waals surface area contributed by atoms with Gasteiger partial charge in [0.25, 0.3) is 0 Å². The van der Waals surface area contributed by atoms with Crippen LogP contribution >= 0.6 is 0 Å². The monoisotopic (exact) mass is 290 g/mol. The lowest BCUT2D eigenvalue weighted by atomic mass is 10.1. The minimum Gasteiger partial charge on any atom is -0.450 e. The molecule has 0 fully saturated rings. The molecule has 1 N–H and O–H groups in total. The van der Waals surface area contributed by atoms with E-state index in [-0.39, 0.29) is 17.5 Å². The van der Waals surface area contributed by atoms with Crippen LogP contribution in [0.2, 0.25) is 0 Å². The van der Waals surface area contributed by atoms with Crippen molar-refractivity contribution in [2.24, 2.45) is 0 Å². The molecule has 0 radical (unpaired) electrons. The molecule has 0 aliphatic rings. The average Bonchev–Trinajstić information content (AvgIpc) is 2.46. The average molecular weight is 290 g/mol. The van der Waals surface area contributed by atoms with Gasteiger partial charge in [0.1, 0.15) is 11.6 Å². The number of benzene rings is 2. The number of nitro groups is 1. The van der Waals surface area contributed by atoms with Gasteiger partial charge in [-0.2, -0.15) is 0 Å². The molecule has 0 aliphatic heterocycles. The van der Waals surface area contributed by atoms with Crippen molar-refractivity contribution in [2.45, 2.75) is 13.0 Å². The van der Waals surface area contributed by atoms with E-state index >= 15 is 0 Å². The molecule has 0 bridgehead atoms. The minimum atomic E-state index is -0.602. The van der Waals surface area contributed by atoms with Gasteiger partial charge in [-0.05, 0) is 37.7 Å². The number of ether oxygens (including phenoxy) is 1. The van der Waals surface area contributed by atoms with Crippen molar-refractivity contribution in [3.05, 3.63) is 64.0 Å². The largest absolute Gasteiger partial charge is 0.450 e. The third-order valence-electron chi connectivity index (χ3n) is 3.14. The van der Waals surface area contributed by atoms with Gasteiger partial charge < -0.3 is 10.1 Å². The standard InChI is InChI=1S/C15H15FN2O3/c1-10(17-2)11-4-3-5-13(8-11)21-15-9-12(16)6-7-14(15)18(19)20/h3-10,17H,1-2H3. The first-order chi connectivity index (χ1) is 10.0. The SMILES string of the molecule is CNC(C)c1cccc(Oc2cc(F)ccc2[N+](=O)[O-])c1. The molecular weight excluding hydrogens is 275 g/mol. The molecular formula is C15H15FN2O3. The van der Waals surface area contributed by atoms with E-state index in [1.807, 2.05) is 20.0 Å². The lowest BCUT2D eigenvalue weighted by molar-refractivity contribution is -0.385. The predicted molar refractivity (Wildman–Crippen MR) is 77.0 cm³/mol. The highest BCUT2D eigenvalue weighted by atomic mass is 19.1. The molecule has 0 saturated carbocycles. The highest BCUT2D eigenvalue weighted by Crippen LogP contribution is 2.32. The summed E-state index contributed by atoms with van der Waals surface area (Å²) in [5.41, 5.74) is 0.692. The van der Waals surface area contributed by atoms with Gasteiger partial charge in [0.05, 0.1) is 4.92 Å². The lowest BCUT2D eigenvalue weighted by Crippen LogP contribution is -2.12. The zero-order valence-electron chi connectivity index (χ0n) is 11.7. The van der Waals surface area contributed by atoms with Crippen molar-refractivity contribution in [3.8, 4) is 11.5 Å². The fourth-order valence-corrected chi connectivity index (χ4v) is 1.86. The molecule has 2 aromatic carbocycles. The third kappa shape index (κ3) is 3.55. The molecule has 6 heteroatoms. The Balaban J connectivity index is 2.34. The van der Waals surface area contributed by atoms with Crippen molar-refractivity contribution >= 4 is 5.69 Å². The van der Waals surface area contributed by atoms with Crippen LogP contribution in [0.4, 0.5) is 10.1 Å². The summed E-state index contributed by atoms with van der Waals surface area (Å²) in [7, 11) is 1.83. The van der Waals surface area contributed by atoms with E-state index in [0.29, 0.717) is 5.75 Å². The van der Waals surface area contributed by atoms with Gasteiger partial charge in [0, 0.05) is 18.2 Å². The van der Waals surface area contributed by atoms with Gasteiger partial charge in [-0.15, -0.1) is 0 Å². The number of nitro benzene ring substituents is 1. The predicted octanol–water partition coefficient (Wildman–Crippen LogP) is 3.81. The maximum Gasteiger partial charge on any atom is 0.311 e. The number of nitrogens with zero attached hydrogens (tertiary/aromatic N) is 1. The molecule has 0 aliphatic carbocycles. The van der Waals surface area contributed by atoms with Crippen LogP contribution in [-0.4, -0.2) is 12.0 Å². The molecule has 0 saturated heterocycles. The summed E-state index contributed by atoms with van der Waals surface area (Å²) in [5, 5.41) is 14.0. The zero-order chi connectivity index (χ0) is 15.4. The summed E-state index contributed by atoms with van der Waals surface area (Å²) in [5.74, 6) is -0.284. The van der Waals surface area contributed by atoms with Gasteiger partial charge in [-0.1, -0.05) is 12.1 Å². The molecule has 5 nitrogen and oxygen atoms in total. The van der Waals surface area contributed by atoms with Crippen molar-refractivity contribution in [3.63, 3.8) is 0 Å². The van der Waals surface area contributed by atoms with Gasteiger partial charge in [0.15, 0.2) is 0 Å². The topological polar surface area (TPSA) is 64.4 Å². The van der Waals surface area contributed by atoms with Crippen molar-refractivity contribution in [1.29, 1.82) is 0 Å². The van der Waals surface area contributed by atoms with Crippen LogP contribution in [0.15, 0.2) is 42.5 Å². The van der Waals surface area contributed by atoms with Gasteiger partial charge in [-0.25, -0.2) is 4.39 Å². The van der Waals surface area contributed by atoms with Crippen LogP contribution in [0, 0.1) is 15.9 Å². The number of halogens is 1. The summed E-state index contributed by atoms with van der Waals surface area (Å²) in [6.45, 7) is 1.98. The second kappa shape index (κ2) is 6.32. The zero-order valence-corrected chi connectivity index (χ0v) is 11.7. The van der Waals surface area contributed by atoms with Crippen LogP contribution in [0.25, 0.3) is 0 Å². The van der Waals surface area contributed by atoms with E-state index in [1.54, 1.807) is 18.2 Å². The Morgan fingerprint density at radius 1 is 1.29 bits per heavy atom. The second-order valence-corrected chi connectivity index (χ2v) is 4.55. The first-order valence-electron chi connectivity index (χ1n) is 6.40. The summed E-state index contributed by atoms with van der Waals surface area (Å²) in [4.78, 5) is 10.3. The summed E-state index contributed by atoms with van der Waals surface area (Å²) in [6.07, 6.45) is 0. The number of nitrogens with one attached hydrogen (secondary N) is 1. The van der Waals surface area contributed by atoms with Gasteiger partial charge >= 0.3 is 5.69 Å². The maximum atomic E-state index is 13.3. The molecule has 1 atom stereocenters. The second-order valence-electron chi connectivity index (χ2n) is 4.55. The highest BCUT2D eigenvalue weighted by molar-refractivity contribution is 5.48. The minimum absolute atomic E-state index is 0.107. The molecule has 1 unspecified atom stereocenters. The first kappa shape index (κ1) is 14.9. The summed E-state index contributed by atoms with van der Waals surface area (Å²) in [6, 6.07) is 10.4. The summed E-state index contributed by atoms with van der Waals surface area (Å²) >= 11 is 0. The fraction of sp³-hybridized carbons (Fsp3) is 0.200. The number of rotatable bonds is 5. The molecule has 2 rings (SSSR count). The van der Waals surface area contributed by atoms with Crippen molar-refractivity contribution in [2.75, 3.05) is 7.05 Å². The van der Waals surface area contributed by atoms with E-state index in [4.69, 9.17) is 4.74 Å². The van der Waals surface area contributed by atoms with Crippen molar-refractivity contribution in [1.82, 2.24) is 5.32 Å². The Kier molecular flexibility index (Phi) is 4.49. The van der Waals surface area contributed by atoms with Crippen LogP contribution in [0.1, 0.15) is 18.5 Å². The Labute approximate surface area is 121 Å². The Hall–Kier alpha value is -2.47. The molecule has 0 aromatic heterocycles. The van der Waals surface area contributed by atoms with E-state index in [0.717, 1.165) is 23.8 Å². The maximum absolute atomic E-state index is 13.3. The first-order valence-corrected chi connectivity index (χ1v) is 6.40. The fourth-order valence-electron chi connectivity index (χ4n) is 1.86.